The molecule has 2 fully saturated rings. The van der Waals surface area contributed by atoms with Crippen LogP contribution in [0.15, 0.2) is 18.2 Å². The quantitative estimate of drug-likeness (QED) is 0.772. The predicted molar refractivity (Wildman–Crippen MR) is 95.5 cm³/mol. The van der Waals surface area contributed by atoms with Crippen LogP contribution in [-0.2, 0) is 0 Å². The Hall–Kier alpha value is -1.66. The SMILES string of the molecule is O=C(c1ccc(OCCCC2CCNCC2)cc1F)N1CCNCC1. The number of hydrogen-bond acceptors (Lipinski definition) is 4. The third-order valence-corrected chi connectivity index (χ3v) is 5.06. The maximum absolute atomic E-state index is 14.3. The molecular formula is C19H28FN3O2. The number of carbonyl (C=O) groups is 1. The van der Waals surface area contributed by atoms with E-state index in [0.717, 1.165) is 44.9 Å². The van der Waals surface area contributed by atoms with Crippen molar-refractivity contribution in [3.05, 3.63) is 29.6 Å². The minimum atomic E-state index is -0.501. The van der Waals surface area contributed by atoms with E-state index in [1.807, 2.05) is 0 Å². The van der Waals surface area contributed by atoms with Gasteiger partial charge in [-0.2, -0.15) is 0 Å². The average molecular weight is 349 g/mol. The first kappa shape index (κ1) is 18.1. The highest BCUT2D eigenvalue weighted by Gasteiger charge is 2.21. The molecule has 5 nitrogen and oxygen atoms in total. The van der Waals surface area contributed by atoms with Crippen LogP contribution in [0.4, 0.5) is 4.39 Å². The minimum Gasteiger partial charge on any atom is -0.493 e. The lowest BCUT2D eigenvalue weighted by molar-refractivity contribution is 0.0731. The Morgan fingerprint density at radius 2 is 1.88 bits per heavy atom. The second kappa shape index (κ2) is 9.15. The van der Waals surface area contributed by atoms with Gasteiger partial charge >= 0.3 is 0 Å². The van der Waals surface area contributed by atoms with Gasteiger partial charge < -0.3 is 20.3 Å². The zero-order valence-corrected chi connectivity index (χ0v) is 14.7. The van der Waals surface area contributed by atoms with Gasteiger partial charge in [0.2, 0.25) is 0 Å². The van der Waals surface area contributed by atoms with E-state index in [2.05, 4.69) is 10.6 Å². The number of halogens is 1. The Kier molecular flexibility index (Phi) is 6.64. The van der Waals surface area contributed by atoms with E-state index in [1.54, 1.807) is 17.0 Å². The Morgan fingerprint density at radius 1 is 1.16 bits per heavy atom. The van der Waals surface area contributed by atoms with Crippen molar-refractivity contribution in [3.8, 4) is 5.75 Å². The Bertz CT molecular complexity index is 570. The van der Waals surface area contributed by atoms with Gasteiger partial charge in [0.25, 0.3) is 5.91 Å². The summed E-state index contributed by atoms with van der Waals surface area (Å²) in [4.78, 5) is 14.1. The van der Waals surface area contributed by atoms with Crippen LogP contribution in [0.2, 0.25) is 0 Å². The molecule has 3 rings (SSSR count). The molecule has 2 aliphatic heterocycles. The van der Waals surface area contributed by atoms with E-state index >= 15 is 0 Å². The van der Waals surface area contributed by atoms with Crippen molar-refractivity contribution in [2.45, 2.75) is 25.7 Å². The smallest absolute Gasteiger partial charge is 0.256 e. The molecule has 2 N–H and O–H groups in total. The number of benzene rings is 1. The maximum Gasteiger partial charge on any atom is 0.256 e. The van der Waals surface area contributed by atoms with Crippen LogP contribution in [0.5, 0.6) is 5.75 Å². The first-order valence-corrected chi connectivity index (χ1v) is 9.37. The zero-order chi connectivity index (χ0) is 17.5. The molecule has 0 unspecified atom stereocenters. The highest BCUT2D eigenvalue weighted by atomic mass is 19.1. The van der Waals surface area contributed by atoms with Crippen LogP contribution >= 0.6 is 0 Å². The van der Waals surface area contributed by atoms with Crippen LogP contribution in [0.3, 0.4) is 0 Å². The number of piperidine rings is 1. The third kappa shape index (κ3) is 5.16. The first-order valence-electron chi connectivity index (χ1n) is 9.37. The maximum atomic E-state index is 14.3. The van der Waals surface area contributed by atoms with E-state index in [9.17, 15) is 9.18 Å². The lowest BCUT2D eigenvalue weighted by atomic mass is 9.93. The fraction of sp³-hybridized carbons (Fsp3) is 0.632. The van der Waals surface area contributed by atoms with Gasteiger partial charge in [-0.25, -0.2) is 4.39 Å². The molecule has 0 spiro atoms. The van der Waals surface area contributed by atoms with Crippen molar-refractivity contribution in [1.82, 2.24) is 15.5 Å². The fourth-order valence-electron chi connectivity index (χ4n) is 3.53. The molecule has 2 saturated heterocycles. The van der Waals surface area contributed by atoms with Crippen LogP contribution in [0.1, 0.15) is 36.0 Å². The van der Waals surface area contributed by atoms with Gasteiger partial charge in [-0.3, -0.25) is 4.79 Å². The monoisotopic (exact) mass is 349 g/mol. The van der Waals surface area contributed by atoms with Crippen LogP contribution < -0.4 is 15.4 Å². The molecule has 1 amide bonds. The summed E-state index contributed by atoms with van der Waals surface area (Å²) in [5.41, 5.74) is 0.129. The van der Waals surface area contributed by atoms with Gasteiger partial charge in [0.1, 0.15) is 11.6 Å². The summed E-state index contributed by atoms with van der Waals surface area (Å²) in [6.45, 7) is 5.56. The summed E-state index contributed by atoms with van der Waals surface area (Å²) < 4.78 is 20.0. The van der Waals surface area contributed by atoms with Gasteiger partial charge in [-0.05, 0) is 56.8 Å². The summed E-state index contributed by atoms with van der Waals surface area (Å²) in [6.07, 6.45) is 4.60. The number of nitrogens with one attached hydrogen (secondary N) is 2. The highest BCUT2D eigenvalue weighted by Crippen LogP contribution is 2.21. The Labute approximate surface area is 148 Å². The van der Waals surface area contributed by atoms with Crippen molar-refractivity contribution in [3.63, 3.8) is 0 Å². The van der Waals surface area contributed by atoms with Gasteiger partial charge in [0.15, 0.2) is 0 Å². The number of rotatable bonds is 6. The topological polar surface area (TPSA) is 53.6 Å². The van der Waals surface area contributed by atoms with Crippen molar-refractivity contribution in [2.75, 3.05) is 45.9 Å². The molecule has 0 aliphatic carbocycles. The van der Waals surface area contributed by atoms with E-state index in [-0.39, 0.29) is 11.5 Å². The summed E-state index contributed by atoms with van der Waals surface area (Å²) >= 11 is 0. The largest absolute Gasteiger partial charge is 0.493 e. The summed E-state index contributed by atoms with van der Waals surface area (Å²) in [5.74, 6) is 0.538. The predicted octanol–water partition coefficient (Wildman–Crippen LogP) is 2.03. The van der Waals surface area contributed by atoms with Crippen LogP contribution in [-0.4, -0.2) is 56.7 Å². The van der Waals surface area contributed by atoms with Crippen molar-refractivity contribution < 1.29 is 13.9 Å². The van der Waals surface area contributed by atoms with E-state index in [0.29, 0.717) is 25.4 Å². The number of carbonyl (C=O) groups excluding carboxylic acids is 1. The summed E-state index contributed by atoms with van der Waals surface area (Å²) in [5, 5.41) is 6.55. The van der Waals surface area contributed by atoms with Gasteiger partial charge in [0, 0.05) is 32.2 Å². The molecular weight excluding hydrogens is 321 g/mol. The molecule has 0 bridgehead atoms. The molecule has 2 heterocycles. The normalized spacial score (nSPS) is 19.0. The third-order valence-electron chi connectivity index (χ3n) is 5.06. The van der Waals surface area contributed by atoms with Gasteiger partial charge in [0.05, 0.1) is 12.2 Å². The highest BCUT2D eigenvalue weighted by molar-refractivity contribution is 5.94. The molecule has 0 saturated carbocycles. The average Bonchev–Trinajstić information content (AvgIpc) is 2.66. The standard InChI is InChI=1S/C19H28FN3O2/c20-18-14-16(25-13-1-2-15-5-7-21-8-6-15)3-4-17(18)19(24)23-11-9-22-10-12-23/h3-4,14-15,21-22H,1-2,5-13H2. The fourth-order valence-corrected chi connectivity index (χ4v) is 3.53. The molecule has 6 heteroatoms. The van der Waals surface area contributed by atoms with Crippen molar-refractivity contribution in [2.24, 2.45) is 5.92 Å². The molecule has 138 valence electrons. The molecule has 2 aliphatic rings. The molecule has 0 atom stereocenters. The Morgan fingerprint density at radius 3 is 2.60 bits per heavy atom. The molecule has 25 heavy (non-hydrogen) atoms. The number of amides is 1. The Balaban J connectivity index is 1.46. The van der Waals surface area contributed by atoms with E-state index in [4.69, 9.17) is 4.74 Å². The summed E-state index contributed by atoms with van der Waals surface area (Å²) in [6, 6.07) is 4.57. The second-order valence-corrected chi connectivity index (χ2v) is 6.87. The minimum absolute atomic E-state index is 0.129. The van der Waals surface area contributed by atoms with Gasteiger partial charge in [-0.1, -0.05) is 0 Å². The molecule has 0 aromatic heterocycles. The van der Waals surface area contributed by atoms with Crippen molar-refractivity contribution >= 4 is 5.91 Å². The molecule has 0 radical (unpaired) electrons. The lowest BCUT2D eigenvalue weighted by Crippen LogP contribution is -2.46. The number of piperazine rings is 1. The number of hydrogen-bond donors (Lipinski definition) is 2. The summed E-state index contributed by atoms with van der Waals surface area (Å²) in [7, 11) is 0. The van der Waals surface area contributed by atoms with E-state index in [1.165, 1.54) is 18.9 Å². The van der Waals surface area contributed by atoms with E-state index < -0.39 is 5.82 Å². The number of ether oxygens (including phenoxy) is 1. The molecule has 1 aromatic rings. The van der Waals surface area contributed by atoms with Crippen LogP contribution in [0, 0.1) is 11.7 Å². The lowest BCUT2D eigenvalue weighted by Gasteiger charge is -2.27. The van der Waals surface area contributed by atoms with Crippen LogP contribution in [0.25, 0.3) is 0 Å². The molecule has 1 aromatic carbocycles. The zero-order valence-electron chi connectivity index (χ0n) is 14.7. The van der Waals surface area contributed by atoms with Gasteiger partial charge in [-0.15, -0.1) is 0 Å². The number of nitrogens with zero attached hydrogens (tertiary/aromatic N) is 1. The second-order valence-electron chi connectivity index (χ2n) is 6.87. The first-order chi connectivity index (χ1) is 12.2. The van der Waals surface area contributed by atoms with Crippen molar-refractivity contribution in [1.29, 1.82) is 0 Å².